The molecule has 0 fully saturated rings. The molecule has 104 valence electrons. The number of hydrogen-bond donors (Lipinski definition) is 1. The van der Waals surface area contributed by atoms with Gasteiger partial charge in [0.1, 0.15) is 0 Å². The highest BCUT2D eigenvalue weighted by Gasteiger charge is 2.05. The smallest absolute Gasteiger partial charge is 0.224 e. The van der Waals surface area contributed by atoms with E-state index in [2.05, 4.69) is 5.32 Å². The van der Waals surface area contributed by atoms with E-state index in [-0.39, 0.29) is 5.91 Å². The van der Waals surface area contributed by atoms with Crippen molar-refractivity contribution in [2.45, 2.75) is 19.8 Å². The minimum Gasteiger partial charge on any atom is -0.326 e. The number of benzene rings is 2. The number of aryl methyl sites for hydroxylation is 2. The van der Waals surface area contributed by atoms with Crippen molar-refractivity contribution < 1.29 is 4.79 Å². The van der Waals surface area contributed by atoms with Gasteiger partial charge < -0.3 is 5.32 Å². The van der Waals surface area contributed by atoms with Crippen LogP contribution in [0.3, 0.4) is 0 Å². The monoisotopic (exact) mass is 307 g/mol. The van der Waals surface area contributed by atoms with Crippen molar-refractivity contribution in [2.75, 3.05) is 5.32 Å². The third kappa shape index (κ3) is 4.55. The Kier molecular flexibility index (Phi) is 5.05. The second kappa shape index (κ2) is 6.78. The van der Waals surface area contributed by atoms with Crippen LogP contribution in [0.4, 0.5) is 5.69 Å². The Morgan fingerprint density at radius 2 is 1.65 bits per heavy atom. The normalized spacial score (nSPS) is 10.3. The lowest BCUT2D eigenvalue weighted by Gasteiger charge is -2.06. The van der Waals surface area contributed by atoms with E-state index >= 15 is 0 Å². The number of nitrogens with one attached hydrogen (secondary N) is 1. The molecular formula is C16H15Cl2NO. The summed E-state index contributed by atoms with van der Waals surface area (Å²) in [6, 6.07) is 13.2. The summed E-state index contributed by atoms with van der Waals surface area (Å²) in [4.78, 5) is 11.9. The standard InChI is InChI=1S/C16H15Cl2NO/c1-11-2-4-12(5-3-11)6-7-16(20)19-15-9-13(17)8-14(18)10-15/h2-5,8-10H,6-7H2,1H3,(H,19,20). The molecule has 0 aliphatic carbocycles. The highest BCUT2D eigenvalue weighted by Crippen LogP contribution is 2.22. The molecule has 0 aromatic heterocycles. The Bertz CT molecular complexity index is 588. The van der Waals surface area contributed by atoms with Gasteiger partial charge in [0.15, 0.2) is 0 Å². The third-order valence-electron chi connectivity index (χ3n) is 2.91. The first-order chi connectivity index (χ1) is 9.52. The molecule has 1 N–H and O–H groups in total. The summed E-state index contributed by atoms with van der Waals surface area (Å²) in [7, 11) is 0. The van der Waals surface area contributed by atoms with Crippen molar-refractivity contribution in [3.8, 4) is 0 Å². The van der Waals surface area contributed by atoms with Crippen LogP contribution < -0.4 is 5.32 Å². The lowest BCUT2D eigenvalue weighted by Crippen LogP contribution is -2.12. The first-order valence-corrected chi connectivity index (χ1v) is 7.10. The molecule has 0 unspecified atom stereocenters. The summed E-state index contributed by atoms with van der Waals surface area (Å²) in [5, 5.41) is 3.81. The Morgan fingerprint density at radius 1 is 1.05 bits per heavy atom. The van der Waals surface area contributed by atoms with Crippen LogP contribution in [-0.2, 0) is 11.2 Å². The van der Waals surface area contributed by atoms with Gasteiger partial charge in [-0.05, 0) is 37.1 Å². The van der Waals surface area contributed by atoms with Crippen molar-refractivity contribution in [3.63, 3.8) is 0 Å². The Labute approximate surface area is 128 Å². The van der Waals surface area contributed by atoms with Crippen LogP contribution >= 0.6 is 23.2 Å². The lowest BCUT2D eigenvalue weighted by molar-refractivity contribution is -0.116. The van der Waals surface area contributed by atoms with Gasteiger partial charge >= 0.3 is 0 Å². The SMILES string of the molecule is Cc1ccc(CCC(=O)Nc2cc(Cl)cc(Cl)c2)cc1. The average Bonchev–Trinajstić information content (AvgIpc) is 2.37. The largest absolute Gasteiger partial charge is 0.326 e. The molecule has 0 aliphatic heterocycles. The Hall–Kier alpha value is -1.51. The molecule has 1 amide bonds. The predicted octanol–water partition coefficient (Wildman–Crippen LogP) is 4.87. The number of carbonyl (C=O) groups is 1. The van der Waals surface area contributed by atoms with Crippen LogP contribution in [0.5, 0.6) is 0 Å². The number of hydrogen-bond acceptors (Lipinski definition) is 1. The molecule has 2 aromatic rings. The van der Waals surface area contributed by atoms with Gasteiger partial charge in [-0.2, -0.15) is 0 Å². The van der Waals surface area contributed by atoms with E-state index in [1.807, 2.05) is 31.2 Å². The lowest BCUT2D eigenvalue weighted by atomic mass is 10.1. The Balaban J connectivity index is 1.90. The van der Waals surface area contributed by atoms with Gasteiger partial charge in [-0.3, -0.25) is 4.79 Å². The van der Waals surface area contributed by atoms with Gasteiger partial charge in [0.05, 0.1) is 0 Å². The average molecular weight is 308 g/mol. The van der Waals surface area contributed by atoms with E-state index in [9.17, 15) is 4.79 Å². The topological polar surface area (TPSA) is 29.1 Å². The van der Waals surface area contributed by atoms with Crippen LogP contribution in [0.15, 0.2) is 42.5 Å². The van der Waals surface area contributed by atoms with Crippen molar-refractivity contribution in [2.24, 2.45) is 0 Å². The van der Waals surface area contributed by atoms with Crippen LogP contribution in [-0.4, -0.2) is 5.91 Å². The predicted molar refractivity (Wildman–Crippen MR) is 84.6 cm³/mol. The number of halogens is 2. The molecular weight excluding hydrogens is 293 g/mol. The summed E-state index contributed by atoms with van der Waals surface area (Å²) in [6.07, 6.45) is 1.13. The fraction of sp³-hybridized carbons (Fsp3) is 0.188. The Morgan fingerprint density at radius 3 is 2.25 bits per heavy atom. The maximum Gasteiger partial charge on any atom is 0.224 e. The molecule has 0 atom stereocenters. The van der Waals surface area contributed by atoms with Crippen LogP contribution in [0.2, 0.25) is 10.0 Å². The summed E-state index contributed by atoms with van der Waals surface area (Å²) in [5.41, 5.74) is 2.98. The highest BCUT2D eigenvalue weighted by molar-refractivity contribution is 6.35. The second-order valence-electron chi connectivity index (χ2n) is 4.69. The molecule has 0 heterocycles. The van der Waals surface area contributed by atoms with Gasteiger partial charge in [-0.1, -0.05) is 53.0 Å². The summed E-state index contributed by atoms with van der Waals surface area (Å²) in [5.74, 6) is -0.0519. The van der Waals surface area contributed by atoms with E-state index in [4.69, 9.17) is 23.2 Å². The molecule has 2 rings (SSSR count). The van der Waals surface area contributed by atoms with Gasteiger partial charge in [-0.25, -0.2) is 0 Å². The number of rotatable bonds is 4. The minimum atomic E-state index is -0.0519. The summed E-state index contributed by atoms with van der Waals surface area (Å²) < 4.78 is 0. The zero-order valence-corrected chi connectivity index (χ0v) is 12.6. The van der Waals surface area contributed by atoms with Gasteiger partial charge in [0, 0.05) is 22.2 Å². The molecule has 4 heteroatoms. The first-order valence-electron chi connectivity index (χ1n) is 6.34. The molecule has 2 aromatic carbocycles. The fourth-order valence-electron chi connectivity index (χ4n) is 1.86. The van der Waals surface area contributed by atoms with Gasteiger partial charge in [0.2, 0.25) is 5.91 Å². The highest BCUT2D eigenvalue weighted by atomic mass is 35.5. The summed E-state index contributed by atoms with van der Waals surface area (Å²) in [6.45, 7) is 2.04. The van der Waals surface area contributed by atoms with E-state index < -0.39 is 0 Å². The fourth-order valence-corrected chi connectivity index (χ4v) is 2.39. The number of carbonyl (C=O) groups excluding carboxylic acids is 1. The van der Waals surface area contributed by atoms with E-state index in [0.29, 0.717) is 28.6 Å². The third-order valence-corrected chi connectivity index (χ3v) is 3.34. The maximum atomic E-state index is 11.9. The zero-order chi connectivity index (χ0) is 14.5. The van der Waals surface area contributed by atoms with Gasteiger partial charge in [-0.15, -0.1) is 0 Å². The minimum absolute atomic E-state index is 0.0519. The molecule has 0 radical (unpaired) electrons. The zero-order valence-electron chi connectivity index (χ0n) is 11.1. The van der Waals surface area contributed by atoms with Gasteiger partial charge in [0.25, 0.3) is 0 Å². The van der Waals surface area contributed by atoms with Crippen molar-refractivity contribution in [3.05, 3.63) is 63.6 Å². The van der Waals surface area contributed by atoms with E-state index in [1.54, 1.807) is 18.2 Å². The summed E-state index contributed by atoms with van der Waals surface area (Å²) >= 11 is 11.8. The quantitative estimate of drug-likeness (QED) is 0.857. The van der Waals surface area contributed by atoms with Crippen LogP contribution in [0.1, 0.15) is 17.5 Å². The molecule has 2 nitrogen and oxygen atoms in total. The number of anilines is 1. The second-order valence-corrected chi connectivity index (χ2v) is 5.56. The maximum absolute atomic E-state index is 11.9. The van der Waals surface area contributed by atoms with E-state index in [1.165, 1.54) is 5.56 Å². The van der Waals surface area contributed by atoms with Crippen LogP contribution in [0, 0.1) is 6.92 Å². The molecule has 0 saturated heterocycles. The molecule has 0 aliphatic rings. The first kappa shape index (κ1) is 14.9. The molecule has 0 saturated carbocycles. The number of amides is 1. The molecule has 0 spiro atoms. The molecule has 20 heavy (non-hydrogen) atoms. The van der Waals surface area contributed by atoms with Crippen molar-refractivity contribution >= 4 is 34.8 Å². The van der Waals surface area contributed by atoms with Crippen LogP contribution in [0.25, 0.3) is 0 Å². The van der Waals surface area contributed by atoms with E-state index in [0.717, 1.165) is 5.56 Å². The molecule has 0 bridgehead atoms. The van der Waals surface area contributed by atoms with Crippen molar-refractivity contribution in [1.82, 2.24) is 0 Å². The van der Waals surface area contributed by atoms with Crippen molar-refractivity contribution in [1.29, 1.82) is 0 Å².